The highest BCUT2D eigenvalue weighted by Crippen LogP contribution is 2.43. The first kappa shape index (κ1) is 22.1. The Morgan fingerprint density at radius 3 is 2.73 bits per heavy atom. The highest BCUT2D eigenvalue weighted by Gasteiger charge is 2.36. The first-order valence-electron chi connectivity index (χ1n) is 9.79. The molecule has 0 saturated carbocycles. The zero-order chi connectivity index (χ0) is 21.9. The van der Waals surface area contributed by atoms with E-state index in [9.17, 15) is 10.1 Å². The van der Waals surface area contributed by atoms with E-state index < -0.39 is 5.54 Å². The molecular formula is C23H24Cl2N4O. The van der Waals surface area contributed by atoms with Crippen molar-refractivity contribution >= 4 is 34.7 Å². The fourth-order valence-corrected chi connectivity index (χ4v) is 4.88. The normalized spacial score (nSPS) is 18.9. The summed E-state index contributed by atoms with van der Waals surface area (Å²) < 4.78 is 1.69. The van der Waals surface area contributed by atoms with Crippen molar-refractivity contribution in [2.75, 3.05) is 0 Å². The lowest BCUT2D eigenvalue weighted by Crippen LogP contribution is -2.49. The Morgan fingerprint density at radius 2 is 2.13 bits per heavy atom. The largest absolute Gasteiger partial charge is 0.346 e. The van der Waals surface area contributed by atoms with E-state index >= 15 is 0 Å². The van der Waals surface area contributed by atoms with Gasteiger partial charge in [0.15, 0.2) is 0 Å². The van der Waals surface area contributed by atoms with Gasteiger partial charge in [-0.15, -0.1) is 0 Å². The molecule has 1 N–H and O–H groups in total. The van der Waals surface area contributed by atoms with Gasteiger partial charge in [0.05, 0.1) is 23.6 Å². The van der Waals surface area contributed by atoms with Gasteiger partial charge in [0.25, 0.3) is 0 Å². The predicted octanol–water partition coefficient (Wildman–Crippen LogP) is 4.91. The molecule has 3 rings (SSSR count). The number of aryl methyl sites for hydroxylation is 1. The maximum Gasteiger partial charge on any atom is 0.226 e. The van der Waals surface area contributed by atoms with Crippen LogP contribution in [-0.2, 0) is 18.3 Å². The molecule has 0 fully saturated rings. The fourth-order valence-electron chi connectivity index (χ4n) is 3.95. The Hall–Kier alpha value is -2.55. The zero-order valence-corrected chi connectivity index (χ0v) is 18.8. The number of nitrogens with one attached hydrogen (secondary N) is 1. The molecule has 1 unspecified atom stereocenters. The number of halogens is 2. The molecule has 30 heavy (non-hydrogen) atoms. The molecule has 1 heterocycles. The van der Waals surface area contributed by atoms with Gasteiger partial charge in [0, 0.05) is 41.0 Å². The first-order chi connectivity index (χ1) is 14.2. The minimum atomic E-state index is -0.672. The number of amides is 1. The van der Waals surface area contributed by atoms with E-state index in [1.54, 1.807) is 29.1 Å². The third kappa shape index (κ3) is 4.95. The molecule has 1 aromatic carbocycles. The van der Waals surface area contributed by atoms with Crippen molar-refractivity contribution in [3.63, 3.8) is 0 Å². The van der Waals surface area contributed by atoms with Gasteiger partial charge in [-0.05, 0) is 42.2 Å². The second-order valence-corrected chi connectivity index (χ2v) is 8.93. The Balaban J connectivity index is 1.91. The molecule has 1 aromatic heterocycles. The molecule has 1 amide bonds. The average molecular weight is 443 g/mol. The van der Waals surface area contributed by atoms with E-state index in [1.165, 1.54) is 0 Å². The molecule has 0 radical (unpaired) electrons. The number of carbonyl (C=O) groups is 1. The van der Waals surface area contributed by atoms with E-state index in [2.05, 4.69) is 30.3 Å². The van der Waals surface area contributed by atoms with E-state index in [-0.39, 0.29) is 12.3 Å². The molecule has 0 aliphatic heterocycles. The molecule has 0 spiro atoms. The number of allylic oxidation sites excluding steroid dienone is 2. The predicted molar refractivity (Wildman–Crippen MR) is 120 cm³/mol. The number of carbonyl (C=O) groups excluding carboxylic acids is 1. The zero-order valence-electron chi connectivity index (χ0n) is 17.2. The number of hydrogen-bond donors (Lipinski definition) is 1. The van der Waals surface area contributed by atoms with Crippen molar-refractivity contribution in [2.45, 2.75) is 38.6 Å². The van der Waals surface area contributed by atoms with Crippen LogP contribution in [0.2, 0.25) is 0 Å². The number of benzene rings is 1. The maximum absolute atomic E-state index is 12.8. The standard InChI is InChI=1S/C23H24Cl2N4O/c1-15(2)11-23(28-21(30)10-18-7-8-27-29(18)3)12-19(24)22(20(25)13-23)17-6-4-5-16(9-17)14-26/h4-9,12,15H,10-11,13H2,1-3H3,(H,28,30). The minimum absolute atomic E-state index is 0.112. The Bertz CT molecular complexity index is 1060. The number of nitrogens with zero attached hydrogens (tertiary/aromatic N) is 3. The maximum atomic E-state index is 12.8. The Kier molecular flexibility index (Phi) is 6.70. The van der Waals surface area contributed by atoms with Crippen molar-refractivity contribution in [2.24, 2.45) is 13.0 Å². The third-order valence-electron chi connectivity index (χ3n) is 5.09. The van der Waals surface area contributed by atoms with Crippen LogP contribution in [0.3, 0.4) is 0 Å². The van der Waals surface area contributed by atoms with Crippen LogP contribution in [0.4, 0.5) is 0 Å². The summed E-state index contributed by atoms with van der Waals surface area (Å²) in [4.78, 5) is 12.8. The van der Waals surface area contributed by atoms with Crippen molar-refractivity contribution in [3.8, 4) is 6.07 Å². The minimum Gasteiger partial charge on any atom is -0.346 e. The monoisotopic (exact) mass is 442 g/mol. The van der Waals surface area contributed by atoms with Crippen molar-refractivity contribution in [1.29, 1.82) is 5.26 Å². The molecule has 5 nitrogen and oxygen atoms in total. The molecule has 2 aromatic rings. The molecule has 0 bridgehead atoms. The average Bonchev–Trinajstić information content (AvgIpc) is 3.04. The van der Waals surface area contributed by atoms with E-state index in [1.807, 2.05) is 25.3 Å². The van der Waals surface area contributed by atoms with Crippen LogP contribution in [0.1, 0.15) is 43.5 Å². The Labute approximate surface area is 187 Å². The summed E-state index contributed by atoms with van der Waals surface area (Å²) in [6.07, 6.45) is 4.93. The van der Waals surface area contributed by atoms with Crippen LogP contribution in [0, 0.1) is 17.2 Å². The summed E-state index contributed by atoms with van der Waals surface area (Å²) in [5, 5.41) is 17.5. The smallest absolute Gasteiger partial charge is 0.226 e. The van der Waals surface area contributed by atoms with Gasteiger partial charge in [-0.3, -0.25) is 9.48 Å². The van der Waals surface area contributed by atoms with Crippen LogP contribution in [0.5, 0.6) is 0 Å². The van der Waals surface area contributed by atoms with E-state index in [0.717, 1.165) is 11.3 Å². The lowest BCUT2D eigenvalue weighted by Gasteiger charge is -2.37. The summed E-state index contributed by atoms with van der Waals surface area (Å²) in [6, 6.07) is 11.2. The van der Waals surface area contributed by atoms with Gasteiger partial charge >= 0.3 is 0 Å². The SMILES string of the molecule is CC(C)CC1(NC(=O)Cc2ccnn2C)C=C(Cl)C(c2cccc(C#N)c2)=C(Cl)C1. The van der Waals surface area contributed by atoms with Gasteiger partial charge in [0.2, 0.25) is 5.91 Å². The summed E-state index contributed by atoms with van der Waals surface area (Å²) in [6.45, 7) is 4.20. The topological polar surface area (TPSA) is 70.7 Å². The summed E-state index contributed by atoms with van der Waals surface area (Å²) in [5.74, 6) is 0.204. The van der Waals surface area contributed by atoms with E-state index in [4.69, 9.17) is 23.2 Å². The molecular weight excluding hydrogens is 419 g/mol. The van der Waals surface area contributed by atoms with Gasteiger partial charge in [-0.25, -0.2) is 0 Å². The van der Waals surface area contributed by atoms with Gasteiger partial charge in [0.1, 0.15) is 0 Å². The van der Waals surface area contributed by atoms with Crippen LogP contribution >= 0.6 is 23.2 Å². The number of hydrogen-bond acceptors (Lipinski definition) is 3. The van der Waals surface area contributed by atoms with Crippen molar-refractivity contribution in [1.82, 2.24) is 15.1 Å². The van der Waals surface area contributed by atoms with Crippen molar-refractivity contribution < 1.29 is 4.79 Å². The molecule has 1 aliphatic rings. The molecule has 7 heteroatoms. The number of aromatic nitrogens is 2. The second-order valence-electron chi connectivity index (χ2n) is 8.07. The molecule has 156 valence electrons. The highest BCUT2D eigenvalue weighted by atomic mass is 35.5. The summed E-state index contributed by atoms with van der Waals surface area (Å²) in [5.41, 5.74) is 2.19. The van der Waals surface area contributed by atoms with Crippen LogP contribution in [0.25, 0.3) is 5.57 Å². The second kappa shape index (κ2) is 9.07. The fraction of sp³-hybridized carbons (Fsp3) is 0.348. The lowest BCUT2D eigenvalue weighted by molar-refractivity contribution is -0.122. The van der Waals surface area contributed by atoms with Crippen molar-refractivity contribution in [3.05, 3.63) is 69.5 Å². The van der Waals surface area contributed by atoms with Gasteiger partial charge in [-0.2, -0.15) is 10.4 Å². The molecule has 1 aliphatic carbocycles. The Morgan fingerprint density at radius 1 is 1.37 bits per heavy atom. The van der Waals surface area contributed by atoms with Gasteiger partial charge < -0.3 is 5.32 Å². The highest BCUT2D eigenvalue weighted by molar-refractivity contribution is 6.42. The van der Waals surface area contributed by atoms with Gasteiger partial charge in [-0.1, -0.05) is 49.2 Å². The molecule has 1 atom stereocenters. The van der Waals surface area contributed by atoms with Crippen LogP contribution in [-0.4, -0.2) is 21.2 Å². The third-order valence-corrected chi connectivity index (χ3v) is 5.71. The lowest BCUT2D eigenvalue weighted by atomic mass is 9.80. The first-order valence-corrected chi connectivity index (χ1v) is 10.5. The summed E-state index contributed by atoms with van der Waals surface area (Å²) >= 11 is 13.4. The molecule has 0 saturated heterocycles. The number of nitriles is 1. The van der Waals surface area contributed by atoms with E-state index in [0.29, 0.717) is 40.0 Å². The summed E-state index contributed by atoms with van der Waals surface area (Å²) in [7, 11) is 1.81. The van der Waals surface area contributed by atoms with Crippen LogP contribution < -0.4 is 5.32 Å². The quantitative estimate of drug-likeness (QED) is 0.690. The van der Waals surface area contributed by atoms with Crippen LogP contribution in [0.15, 0.2) is 52.7 Å². The number of rotatable bonds is 6.